The van der Waals surface area contributed by atoms with E-state index in [4.69, 9.17) is 4.74 Å². The van der Waals surface area contributed by atoms with Crippen molar-refractivity contribution in [2.45, 2.75) is 59.4 Å². The molecule has 1 saturated heterocycles. The number of carbonyl (C=O) groups excluding carboxylic acids is 1. The molecule has 1 aromatic carbocycles. The van der Waals surface area contributed by atoms with Gasteiger partial charge < -0.3 is 14.5 Å². The minimum absolute atomic E-state index is 0.241. The molecule has 4 heteroatoms. The second-order valence-electron chi connectivity index (χ2n) is 8.32. The summed E-state index contributed by atoms with van der Waals surface area (Å²) >= 11 is 0. The number of hydrogen-bond donors (Lipinski definition) is 0. The molecule has 1 heterocycles. The van der Waals surface area contributed by atoms with Crippen LogP contribution in [0.15, 0.2) is 24.3 Å². The molecule has 0 N–H and O–H groups in total. The molecule has 0 atom stereocenters. The molecule has 1 fully saturated rings. The van der Waals surface area contributed by atoms with E-state index >= 15 is 0 Å². The van der Waals surface area contributed by atoms with Gasteiger partial charge in [-0.2, -0.15) is 0 Å². The Hall–Kier alpha value is -1.55. The van der Waals surface area contributed by atoms with Crippen LogP contribution >= 0.6 is 0 Å². The number of ether oxygens (including phenoxy) is 1. The van der Waals surface area contributed by atoms with E-state index in [-0.39, 0.29) is 5.91 Å². The summed E-state index contributed by atoms with van der Waals surface area (Å²) in [7, 11) is 1.67. The number of amides is 1. The maximum absolute atomic E-state index is 13.0. The molecule has 0 aliphatic carbocycles. The lowest BCUT2D eigenvalue weighted by Gasteiger charge is -2.39. The van der Waals surface area contributed by atoms with Crippen molar-refractivity contribution in [3.8, 4) is 5.75 Å². The van der Waals surface area contributed by atoms with Crippen molar-refractivity contribution in [1.29, 1.82) is 0 Å². The number of carbonyl (C=O) groups is 1. The number of rotatable bonds is 8. The number of anilines is 1. The lowest BCUT2D eigenvalue weighted by molar-refractivity contribution is -0.120. The lowest BCUT2D eigenvalue weighted by atomic mass is 9.99. The fourth-order valence-electron chi connectivity index (χ4n) is 3.59. The van der Waals surface area contributed by atoms with Crippen molar-refractivity contribution < 1.29 is 9.53 Å². The third kappa shape index (κ3) is 6.01. The molecule has 0 saturated carbocycles. The van der Waals surface area contributed by atoms with E-state index < -0.39 is 0 Å². The minimum Gasteiger partial charge on any atom is -0.497 e. The fraction of sp³-hybridized carbons (Fsp3) is 0.682. The molecule has 0 aromatic heterocycles. The highest BCUT2D eigenvalue weighted by Crippen LogP contribution is 2.27. The van der Waals surface area contributed by atoms with Gasteiger partial charge in [-0.05, 0) is 61.9 Å². The van der Waals surface area contributed by atoms with Crippen LogP contribution in [0.2, 0.25) is 0 Å². The number of methoxy groups -OCH3 is 1. The molecule has 2 rings (SSSR count). The summed E-state index contributed by atoms with van der Waals surface area (Å²) in [5.41, 5.74) is 0.997. The van der Waals surface area contributed by atoms with Gasteiger partial charge in [-0.1, -0.05) is 27.7 Å². The molecule has 1 aliphatic rings. The Morgan fingerprint density at radius 2 is 1.73 bits per heavy atom. The van der Waals surface area contributed by atoms with E-state index in [1.54, 1.807) is 7.11 Å². The van der Waals surface area contributed by atoms with Crippen LogP contribution in [0.4, 0.5) is 5.69 Å². The molecule has 146 valence electrons. The van der Waals surface area contributed by atoms with E-state index in [1.807, 2.05) is 24.3 Å². The smallest absolute Gasteiger partial charge is 0.227 e. The van der Waals surface area contributed by atoms with Crippen LogP contribution in [-0.4, -0.2) is 43.6 Å². The molecule has 26 heavy (non-hydrogen) atoms. The lowest BCUT2D eigenvalue weighted by Crippen LogP contribution is -2.48. The van der Waals surface area contributed by atoms with Gasteiger partial charge in [0.1, 0.15) is 5.75 Å². The Balaban J connectivity index is 2.08. The van der Waals surface area contributed by atoms with Crippen LogP contribution in [-0.2, 0) is 4.79 Å². The van der Waals surface area contributed by atoms with Crippen LogP contribution in [0.3, 0.4) is 0 Å². The Labute approximate surface area is 159 Å². The van der Waals surface area contributed by atoms with Gasteiger partial charge in [0.15, 0.2) is 0 Å². The van der Waals surface area contributed by atoms with Gasteiger partial charge in [0, 0.05) is 31.2 Å². The number of piperidine rings is 1. The zero-order valence-corrected chi connectivity index (χ0v) is 17.2. The van der Waals surface area contributed by atoms with E-state index in [1.165, 1.54) is 13.0 Å². The van der Waals surface area contributed by atoms with Gasteiger partial charge in [-0.15, -0.1) is 0 Å². The first-order chi connectivity index (χ1) is 12.4. The molecule has 1 aliphatic heterocycles. The molecule has 0 spiro atoms. The zero-order chi connectivity index (χ0) is 19.1. The first-order valence-electron chi connectivity index (χ1n) is 10.1. The average molecular weight is 361 g/mol. The predicted molar refractivity (Wildman–Crippen MR) is 109 cm³/mol. The van der Waals surface area contributed by atoms with Crippen molar-refractivity contribution in [1.82, 2.24) is 4.90 Å². The largest absolute Gasteiger partial charge is 0.497 e. The topological polar surface area (TPSA) is 32.8 Å². The maximum atomic E-state index is 13.0. The highest BCUT2D eigenvalue weighted by atomic mass is 16.5. The Bertz CT molecular complexity index is 546. The Kier molecular flexibility index (Phi) is 7.95. The SMILES string of the molecule is COc1ccc(N(C(=O)CC(C)C)C2CCN(CCC(C)C)CC2)cc1. The molecule has 1 aromatic rings. The second kappa shape index (κ2) is 9.96. The van der Waals surface area contributed by atoms with Crippen molar-refractivity contribution in [3.05, 3.63) is 24.3 Å². The van der Waals surface area contributed by atoms with Crippen molar-refractivity contribution in [2.75, 3.05) is 31.6 Å². The van der Waals surface area contributed by atoms with Gasteiger partial charge in [-0.3, -0.25) is 4.79 Å². The first-order valence-corrected chi connectivity index (χ1v) is 10.1. The molecule has 0 bridgehead atoms. The summed E-state index contributed by atoms with van der Waals surface area (Å²) in [6, 6.07) is 8.22. The quantitative estimate of drug-likeness (QED) is 0.680. The normalized spacial score (nSPS) is 16.3. The van der Waals surface area contributed by atoms with Crippen molar-refractivity contribution in [3.63, 3.8) is 0 Å². The molecule has 0 radical (unpaired) electrons. The van der Waals surface area contributed by atoms with Gasteiger partial charge in [0.05, 0.1) is 7.11 Å². The monoisotopic (exact) mass is 360 g/mol. The molecule has 0 unspecified atom stereocenters. The van der Waals surface area contributed by atoms with Gasteiger partial charge in [0.2, 0.25) is 5.91 Å². The maximum Gasteiger partial charge on any atom is 0.227 e. The van der Waals surface area contributed by atoms with Crippen molar-refractivity contribution >= 4 is 11.6 Å². The summed E-state index contributed by atoms with van der Waals surface area (Å²) in [6.45, 7) is 12.1. The van der Waals surface area contributed by atoms with Crippen LogP contribution in [0.5, 0.6) is 5.75 Å². The summed E-state index contributed by atoms with van der Waals surface area (Å²) in [4.78, 5) is 17.6. The summed E-state index contributed by atoms with van der Waals surface area (Å²) in [6.07, 6.45) is 3.95. The van der Waals surface area contributed by atoms with Crippen LogP contribution in [0.25, 0.3) is 0 Å². The van der Waals surface area contributed by atoms with Gasteiger partial charge in [0.25, 0.3) is 0 Å². The van der Waals surface area contributed by atoms with E-state index in [0.29, 0.717) is 18.4 Å². The van der Waals surface area contributed by atoms with E-state index in [0.717, 1.165) is 43.3 Å². The average Bonchev–Trinajstić information content (AvgIpc) is 2.61. The van der Waals surface area contributed by atoms with E-state index in [9.17, 15) is 4.79 Å². The second-order valence-corrected chi connectivity index (χ2v) is 8.32. The minimum atomic E-state index is 0.241. The summed E-state index contributed by atoms with van der Waals surface area (Å²) in [5.74, 6) is 2.19. The van der Waals surface area contributed by atoms with Crippen molar-refractivity contribution in [2.24, 2.45) is 11.8 Å². The molecule has 4 nitrogen and oxygen atoms in total. The number of nitrogens with zero attached hydrogens (tertiary/aromatic N) is 2. The third-order valence-corrected chi connectivity index (χ3v) is 5.15. The van der Waals surface area contributed by atoms with Gasteiger partial charge >= 0.3 is 0 Å². The number of likely N-dealkylation sites (tertiary alicyclic amines) is 1. The molecular formula is C22H36N2O2. The fourth-order valence-corrected chi connectivity index (χ4v) is 3.59. The summed E-state index contributed by atoms with van der Waals surface area (Å²) in [5, 5.41) is 0. The Morgan fingerprint density at radius 1 is 1.12 bits per heavy atom. The standard InChI is InChI=1S/C22H36N2O2/c1-17(2)10-13-23-14-11-20(12-15-23)24(22(25)16-18(3)4)19-6-8-21(26-5)9-7-19/h6-9,17-18,20H,10-16H2,1-5H3. The third-order valence-electron chi connectivity index (χ3n) is 5.15. The predicted octanol–water partition coefficient (Wildman–Crippen LogP) is 4.58. The Morgan fingerprint density at radius 3 is 2.23 bits per heavy atom. The highest BCUT2D eigenvalue weighted by molar-refractivity contribution is 5.94. The molecular weight excluding hydrogens is 324 g/mol. The van der Waals surface area contributed by atoms with Crippen LogP contribution < -0.4 is 9.64 Å². The molecule has 1 amide bonds. The van der Waals surface area contributed by atoms with E-state index in [2.05, 4.69) is 37.5 Å². The van der Waals surface area contributed by atoms with Gasteiger partial charge in [-0.25, -0.2) is 0 Å². The number of hydrogen-bond acceptors (Lipinski definition) is 3. The van der Waals surface area contributed by atoms with Crippen LogP contribution in [0.1, 0.15) is 53.4 Å². The highest BCUT2D eigenvalue weighted by Gasteiger charge is 2.29. The zero-order valence-electron chi connectivity index (χ0n) is 17.2. The first kappa shape index (κ1) is 20.8. The van der Waals surface area contributed by atoms with Crippen LogP contribution in [0, 0.1) is 11.8 Å². The summed E-state index contributed by atoms with van der Waals surface area (Å²) < 4.78 is 5.27. The number of benzene rings is 1.